The first-order valence-electron chi connectivity index (χ1n) is 10.7. The maximum absolute atomic E-state index is 12.4. The zero-order chi connectivity index (χ0) is 22.1. The number of hydrogen-bond donors (Lipinski definition) is 1. The summed E-state index contributed by atoms with van der Waals surface area (Å²) in [4.78, 5) is 28.9. The number of ether oxygens (including phenoxy) is 1. The number of benzene rings is 2. The number of piperazine rings is 1. The van der Waals surface area contributed by atoms with E-state index in [-0.39, 0.29) is 11.9 Å². The van der Waals surface area contributed by atoms with Crippen LogP contribution < -0.4 is 5.32 Å². The number of carbonyl (C=O) groups excluding carboxylic acids is 2. The van der Waals surface area contributed by atoms with Gasteiger partial charge in [-0.05, 0) is 36.1 Å². The number of aryl methyl sites for hydroxylation is 1. The molecule has 0 saturated carbocycles. The third kappa shape index (κ3) is 7.06. The van der Waals surface area contributed by atoms with Crippen LogP contribution in [0.4, 0.5) is 0 Å². The van der Waals surface area contributed by atoms with Crippen LogP contribution in [-0.2, 0) is 20.7 Å². The Morgan fingerprint density at radius 1 is 1.03 bits per heavy atom. The summed E-state index contributed by atoms with van der Waals surface area (Å²) in [7, 11) is 1.41. The number of rotatable bonds is 9. The molecule has 0 spiro atoms. The zero-order valence-corrected chi connectivity index (χ0v) is 18.7. The topological polar surface area (TPSA) is 61.9 Å². The van der Waals surface area contributed by atoms with E-state index in [1.165, 1.54) is 12.7 Å². The minimum absolute atomic E-state index is 0.0451. The van der Waals surface area contributed by atoms with E-state index in [0.717, 1.165) is 31.5 Å². The highest BCUT2D eigenvalue weighted by atomic mass is 35.5. The van der Waals surface area contributed by atoms with E-state index in [1.54, 1.807) is 12.1 Å². The van der Waals surface area contributed by atoms with Gasteiger partial charge in [0.2, 0.25) is 5.91 Å². The molecule has 1 unspecified atom stereocenters. The number of nitrogens with zero attached hydrogens (tertiary/aromatic N) is 2. The first kappa shape index (κ1) is 23.3. The first-order chi connectivity index (χ1) is 15.1. The van der Waals surface area contributed by atoms with Crippen molar-refractivity contribution >= 4 is 23.5 Å². The molecule has 0 aliphatic carbocycles. The van der Waals surface area contributed by atoms with E-state index in [9.17, 15) is 9.59 Å². The maximum atomic E-state index is 12.4. The summed E-state index contributed by atoms with van der Waals surface area (Å²) < 4.78 is 5.04. The molecular formula is C24H30ClN3O3. The molecule has 31 heavy (non-hydrogen) atoms. The zero-order valence-electron chi connectivity index (χ0n) is 17.9. The summed E-state index contributed by atoms with van der Waals surface area (Å²) in [6, 6.07) is 17.1. The summed E-state index contributed by atoms with van der Waals surface area (Å²) >= 11 is 5.99. The Balaban J connectivity index is 1.43. The van der Waals surface area contributed by atoms with E-state index in [1.807, 2.05) is 30.3 Å². The van der Waals surface area contributed by atoms with Crippen LogP contribution in [0.2, 0.25) is 5.02 Å². The lowest BCUT2D eigenvalue weighted by atomic mass is 10.0. The van der Waals surface area contributed by atoms with Crippen molar-refractivity contribution in [1.82, 2.24) is 15.1 Å². The lowest BCUT2D eigenvalue weighted by molar-refractivity contribution is -0.148. The van der Waals surface area contributed by atoms with Gasteiger partial charge in [0, 0.05) is 37.7 Å². The quantitative estimate of drug-likeness (QED) is 0.477. The molecule has 0 aromatic heterocycles. The molecule has 0 radical (unpaired) electrons. The Labute approximate surface area is 189 Å². The third-order valence-corrected chi connectivity index (χ3v) is 5.81. The number of amides is 1. The van der Waals surface area contributed by atoms with Crippen LogP contribution in [0.1, 0.15) is 23.6 Å². The van der Waals surface area contributed by atoms with Crippen LogP contribution in [0.3, 0.4) is 0 Å². The van der Waals surface area contributed by atoms with Gasteiger partial charge < -0.3 is 10.1 Å². The minimum Gasteiger partial charge on any atom is -0.468 e. The molecule has 0 bridgehead atoms. The Hall–Kier alpha value is -2.41. The monoisotopic (exact) mass is 443 g/mol. The van der Waals surface area contributed by atoms with E-state index in [4.69, 9.17) is 16.3 Å². The molecule has 1 heterocycles. The predicted molar refractivity (Wildman–Crippen MR) is 122 cm³/mol. The van der Waals surface area contributed by atoms with Crippen molar-refractivity contribution in [2.45, 2.75) is 18.9 Å². The second-order valence-corrected chi connectivity index (χ2v) is 8.16. The van der Waals surface area contributed by atoms with Gasteiger partial charge in [-0.15, -0.1) is 0 Å². The van der Waals surface area contributed by atoms with Gasteiger partial charge in [0.05, 0.1) is 13.7 Å². The summed E-state index contributed by atoms with van der Waals surface area (Å²) in [6.07, 6.45) is 1.88. The van der Waals surface area contributed by atoms with Gasteiger partial charge in [-0.1, -0.05) is 54.1 Å². The van der Waals surface area contributed by atoms with Gasteiger partial charge in [-0.2, -0.15) is 0 Å². The van der Waals surface area contributed by atoms with Crippen LogP contribution >= 0.6 is 11.6 Å². The Morgan fingerprint density at radius 2 is 1.71 bits per heavy atom. The van der Waals surface area contributed by atoms with E-state index < -0.39 is 6.04 Å². The molecule has 166 valence electrons. The van der Waals surface area contributed by atoms with Gasteiger partial charge >= 0.3 is 5.97 Å². The average Bonchev–Trinajstić information content (AvgIpc) is 2.80. The van der Waals surface area contributed by atoms with E-state index >= 15 is 0 Å². The van der Waals surface area contributed by atoms with Crippen molar-refractivity contribution in [3.63, 3.8) is 0 Å². The standard InChI is InChI=1S/C24H30ClN3O3/c1-31-24(30)23(20-9-11-21(25)12-10-20)28-16-14-27(15-17-28)18-22(29)26-13-5-8-19-6-3-2-4-7-19/h2-4,6-7,9-12,23H,5,8,13-18H2,1H3,(H,26,29). The Kier molecular flexibility index (Phi) is 8.88. The number of halogens is 1. The summed E-state index contributed by atoms with van der Waals surface area (Å²) in [5.41, 5.74) is 2.15. The number of carbonyl (C=O) groups is 2. The van der Waals surface area contributed by atoms with Gasteiger partial charge in [-0.25, -0.2) is 4.79 Å². The van der Waals surface area contributed by atoms with Gasteiger partial charge in [-0.3, -0.25) is 14.6 Å². The molecule has 2 aromatic carbocycles. The lowest BCUT2D eigenvalue weighted by Gasteiger charge is -2.38. The molecule has 1 amide bonds. The predicted octanol–water partition coefficient (Wildman–Crippen LogP) is 2.92. The molecule has 1 fully saturated rings. The highest BCUT2D eigenvalue weighted by Gasteiger charge is 2.31. The van der Waals surface area contributed by atoms with Crippen molar-refractivity contribution in [3.05, 3.63) is 70.7 Å². The van der Waals surface area contributed by atoms with Crippen LogP contribution in [0.5, 0.6) is 0 Å². The number of nitrogens with one attached hydrogen (secondary N) is 1. The van der Waals surface area contributed by atoms with Crippen LogP contribution in [-0.4, -0.2) is 68.1 Å². The van der Waals surface area contributed by atoms with Gasteiger partial charge in [0.15, 0.2) is 0 Å². The van der Waals surface area contributed by atoms with Gasteiger partial charge in [0.1, 0.15) is 6.04 Å². The highest BCUT2D eigenvalue weighted by Crippen LogP contribution is 2.25. The van der Waals surface area contributed by atoms with Crippen LogP contribution in [0.25, 0.3) is 0 Å². The van der Waals surface area contributed by atoms with Crippen LogP contribution in [0.15, 0.2) is 54.6 Å². The molecule has 1 saturated heterocycles. The fraction of sp³-hybridized carbons (Fsp3) is 0.417. The molecule has 1 aliphatic heterocycles. The third-order valence-electron chi connectivity index (χ3n) is 5.56. The van der Waals surface area contributed by atoms with Gasteiger partial charge in [0.25, 0.3) is 0 Å². The normalized spacial score (nSPS) is 15.9. The highest BCUT2D eigenvalue weighted by molar-refractivity contribution is 6.30. The van der Waals surface area contributed by atoms with Crippen molar-refractivity contribution in [1.29, 1.82) is 0 Å². The molecule has 7 heteroatoms. The summed E-state index contributed by atoms with van der Waals surface area (Å²) in [5, 5.41) is 3.64. The average molecular weight is 444 g/mol. The summed E-state index contributed by atoms with van der Waals surface area (Å²) in [6.45, 7) is 3.86. The maximum Gasteiger partial charge on any atom is 0.327 e. The molecule has 2 aromatic rings. The van der Waals surface area contributed by atoms with Crippen molar-refractivity contribution in [3.8, 4) is 0 Å². The SMILES string of the molecule is COC(=O)C(c1ccc(Cl)cc1)N1CCN(CC(=O)NCCCc2ccccc2)CC1. The molecule has 3 rings (SSSR count). The fourth-order valence-electron chi connectivity index (χ4n) is 3.86. The summed E-state index contributed by atoms with van der Waals surface area (Å²) in [5.74, 6) is -0.240. The molecular weight excluding hydrogens is 414 g/mol. The Bertz CT molecular complexity index is 837. The molecule has 1 atom stereocenters. The molecule has 1 N–H and O–H groups in total. The van der Waals surface area contributed by atoms with Crippen molar-refractivity contribution in [2.24, 2.45) is 0 Å². The number of esters is 1. The van der Waals surface area contributed by atoms with Crippen LogP contribution in [0, 0.1) is 0 Å². The second kappa shape index (κ2) is 11.8. The second-order valence-electron chi connectivity index (χ2n) is 7.73. The van der Waals surface area contributed by atoms with E-state index in [2.05, 4.69) is 27.2 Å². The molecule has 1 aliphatic rings. The first-order valence-corrected chi connectivity index (χ1v) is 11.0. The molecule has 6 nitrogen and oxygen atoms in total. The number of methoxy groups -OCH3 is 1. The largest absolute Gasteiger partial charge is 0.468 e. The smallest absolute Gasteiger partial charge is 0.327 e. The van der Waals surface area contributed by atoms with Crippen molar-refractivity contribution in [2.75, 3.05) is 46.4 Å². The number of hydrogen-bond acceptors (Lipinski definition) is 5. The van der Waals surface area contributed by atoms with Crippen molar-refractivity contribution < 1.29 is 14.3 Å². The lowest BCUT2D eigenvalue weighted by Crippen LogP contribution is -2.51. The minimum atomic E-state index is -0.462. The van der Waals surface area contributed by atoms with E-state index in [0.29, 0.717) is 31.2 Å². The Morgan fingerprint density at radius 3 is 2.35 bits per heavy atom. The fourth-order valence-corrected chi connectivity index (χ4v) is 3.98.